The molecule has 0 spiro atoms. The fourth-order valence-corrected chi connectivity index (χ4v) is 3.61. The Bertz CT molecular complexity index is 640. The van der Waals surface area contributed by atoms with Crippen molar-refractivity contribution in [1.29, 1.82) is 0 Å². The molecule has 0 aromatic carbocycles. The van der Waals surface area contributed by atoms with E-state index in [0.29, 0.717) is 11.1 Å². The van der Waals surface area contributed by atoms with Gasteiger partial charge in [0, 0.05) is 50.9 Å². The molecule has 1 aliphatic carbocycles. The Morgan fingerprint density at radius 2 is 1.96 bits per heavy atom. The second-order valence-electron chi connectivity index (χ2n) is 7.77. The predicted octanol–water partition coefficient (Wildman–Crippen LogP) is 3.07. The Kier molecular flexibility index (Phi) is 5.85. The molecule has 1 aromatic rings. The highest BCUT2D eigenvalue weighted by Gasteiger charge is 2.27. The van der Waals surface area contributed by atoms with Gasteiger partial charge in [-0.2, -0.15) is 5.10 Å². The van der Waals surface area contributed by atoms with E-state index in [1.807, 2.05) is 22.6 Å². The van der Waals surface area contributed by atoms with E-state index in [1.165, 1.54) is 19.4 Å². The molecule has 3 rings (SSSR count). The average Bonchev–Trinajstić information content (AvgIpc) is 3.33. The second-order valence-corrected chi connectivity index (χ2v) is 8.13. The van der Waals surface area contributed by atoms with E-state index in [9.17, 15) is 4.79 Å². The molecule has 0 atom stereocenters. The Labute approximate surface area is 155 Å². The zero-order valence-electron chi connectivity index (χ0n) is 15.5. The molecule has 6 heteroatoms. The number of halogens is 1. The van der Waals surface area contributed by atoms with Crippen LogP contribution >= 0.6 is 11.6 Å². The monoisotopic (exact) mass is 364 g/mol. The lowest BCUT2D eigenvalue weighted by Crippen LogP contribution is -2.48. The number of nitrogens with zero attached hydrogens (tertiary/aromatic N) is 4. The van der Waals surface area contributed by atoms with Crippen LogP contribution in [0.25, 0.3) is 6.08 Å². The van der Waals surface area contributed by atoms with Crippen LogP contribution in [0.3, 0.4) is 0 Å². The van der Waals surface area contributed by atoms with Gasteiger partial charge in [-0.05, 0) is 37.7 Å². The largest absolute Gasteiger partial charge is 0.337 e. The van der Waals surface area contributed by atoms with Gasteiger partial charge in [0.2, 0.25) is 5.91 Å². The van der Waals surface area contributed by atoms with Gasteiger partial charge in [-0.25, -0.2) is 0 Å². The van der Waals surface area contributed by atoms with Crippen molar-refractivity contribution < 1.29 is 4.79 Å². The molecule has 0 radical (unpaired) electrons. The first-order chi connectivity index (χ1) is 11.9. The molecular weight excluding hydrogens is 336 g/mol. The van der Waals surface area contributed by atoms with Crippen molar-refractivity contribution in [2.75, 3.05) is 32.7 Å². The molecule has 0 N–H and O–H groups in total. The zero-order valence-corrected chi connectivity index (χ0v) is 16.3. The number of aryl methyl sites for hydroxylation is 1. The number of piperazine rings is 1. The summed E-state index contributed by atoms with van der Waals surface area (Å²) in [7, 11) is 0. The molecule has 2 heterocycles. The van der Waals surface area contributed by atoms with Gasteiger partial charge >= 0.3 is 0 Å². The highest BCUT2D eigenvalue weighted by atomic mass is 35.5. The summed E-state index contributed by atoms with van der Waals surface area (Å²) in [5.74, 6) is 1.45. The highest BCUT2D eigenvalue weighted by Crippen LogP contribution is 2.30. The third kappa shape index (κ3) is 4.85. The molecule has 25 heavy (non-hydrogen) atoms. The van der Waals surface area contributed by atoms with E-state index in [1.54, 1.807) is 6.08 Å². The minimum absolute atomic E-state index is 0.0677. The van der Waals surface area contributed by atoms with E-state index in [2.05, 4.69) is 23.8 Å². The summed E-state index contributed by atoms with van der Waals surface area (Å²) in [4.78, 5) is 16.9. The predicted molar refractivity (Wildman–Crippen MR) is 102 cm³/mol. The van der Waals surface area contributed by atoms with E-state index >= 15 is 0 Å². The Balaban J connectivity index is 1.56. The number of amides is 1. The molecule has 0 bridgehead atoms. The maximum Gasteiger partial charge on any atom is 0.246 e. The van der Waals surface area contributed by atoms with E-state index < -0.39 is 0 Å². The van der Waals surface area contributed by atoms with Gasteiger partial charge in [0.25, 0.3) is 0 Å². The minimum atomic E-state index is 0.0677. The van der Waals surface area contributed by atoms with Crippen LogP contribution in [-0.2, 0) is 11.3 Å². The van der Waals surface area contributed by atoms with Gasteiger partial charge < -0.3 is 4.90 Å². The first-order valence-electron chi connectivity index (χ1n) is 9.36. The lowest BCUT2D eigenvalue weighted by Gasteiger charge is -2.34. The van der Waals surface area contributed by atoms with Crippen LogP contribution in [0.2, 0.25) is 5.15 Å². The third-order valence-electron chi connectivity index (χ3n) is 4.94. The fourth-order valence-electron chi connectivity index (χ4n) is 3.30. The highest BCUT2D eigenvalue weighted by molar-refractivity contribution is 6.31. The van der Waals surface area contributed by atoms with Crippen molar-refractivity contribution in [3.63, 3.8) is 0 Å². The summed E-state index contributed by atoms with van der Waals surface area (Å²) in [5.41, 5.74) is 1.71. The lowest BCUT2D eigenvalue weighted by atomic mass is 10.2. The Morgan fingerprint density at radius 1 is 1.28 bits per heavy atom. The molecule has 2 fully saturated rings. The van der Waals surface area contributed by atoms with Crippen molar-refractivity contribution in [3.05, 3.63) is 22.5 Å². The summed E-state index contributed by atoms with van der Waals surface area (Å²) >= 11 is 6.43. The minimum Gasteiger partial charge on any atom is -0.337 e. The van der Waals surface area contributed by atoms with Gasteiger partial charge in [-0.3, -0.25) is 14.4 Å². The number of carbonyl (C=O) groups is 1. The maximum atomic E-state index is 12.5. The summed E-state index contributed by atoms with van der Waals surface area (Å²) < 4.78 is 1.82. The SMILES string of the molecule is Cc1nn(CC(C)C)c(Cl)c1/C=C/C(=O)N1CCN(CC2CC2)CC1. The number of hydrogen-bond acceptors (Lipinski definition) is 3. The summed E-state index contributed by atoms with van der Waals surface area (Å²) in [6.45, 7) is 11.8. The molecule has 1 amide bonds. The molecular formula is C19H29ClN4O. The van der Waals surface area contributed by atoms with Gasteiger partial charge in [0.1, 0.15) is 5.15 Å². The fraction of sp³-hybridized carbons (Fsp3) is 0.684. The van der Waals surface area contributed by atoms with Gasteiger partial charge in [-0.15, -0.1) is 0 Å². The first-order valence-corrected chi connectivity index (χ1v) is 9.74. The molecule has 2 aliphatic rings. The van der Waals surface area contributed by atoms with Gasteiger partial charge in [0.15, 0.2) is 0 Å². The number of aromatic nitrogens is 2. The molecule has 5 nitrogen and oxygen atoms in total. The normalized spacial score (nSPS) is 19.3. The summed E-state index contributed by atoms with van der Waals surface area (Å²) in [6, 6.07) is 0. The van der Waals surface area contributed by atoms with Crippen LogP contribution in [0.4, 0.5) is 0 Å². The smallest absolute Gasteiger partial charge is 0.246 e. The Hall–Kier alpha value is -1.33. The Morgan fingerprint density at radius 3 is 2.56 bits per heavy atom. The van der Waals surface area contributed by atoms with Gasteiger partial charge in [-0.1, -0.05) is 25.4 Å². The van der Waals surface area contributed by atoms with E-state index in [0.717, 1.165) is 49.9 Å². The molecule has 0 unspecified atom stereocenters. The van der Waals surface area contributed by atoms with Crippen molar-refractivity contribution >= 4 is 23.6 Å². The van der Waals surface area contributed by atoms with E-state index in [4.69, 9.17) is 11.6 Å². The topological polar surface area (TPSA) is 41.4 Å². The van der Waals surface area contributed by atoms with Crippen LogP contribution in [0.5, 0.6) is 0 Å². The van der Waals surface area contributed by atoms with Crippen molar-refractivity contribution in [1.82, 2.24) is 19.6 Å². The lowest BCUT2D eigenvalue weighted by molar-refractivity contribution is -0.127. The summed E-state index contributed by atoms with van der Waals surface area (Å²) in [5, 5.41) is 5.10. The van der Waals surface area contributed by atoms with Crippen LogP contribution < -0.4 is 0 Å². The maximum absolute atomic E-state index is 12.5. The van der Waals surface area contributed by atoms with Gasteiger partial charge in [0.05, 0.1) is 5.69 Å². The molecule has 1 aromatic heterocycles. The zero-order chi connectivity index (χ0) is 18.0. The van der Waals surface area contributed by atoms with Crippen LogP contribution in [0.1, 0.15) is 37.9 Å². The van der Waals surface area contributed by atoms with Crippen LogP contribution in [0, 0.1) is 18.8 Å². The average molecular weight is 365 g/mol. The molecule has 1 saturated heterocycles. The van der Waals surface area contributed by atoms with Crippen molar-refractivity contribution in [3.8, 4) is 0 Å². The molecule has 1 aliphatic heterocycles. The van der Waals surface area contributed by atoms with Crippen molar-refractivity contribution in [2.24, 2.45) is 11.8 Å². The molecule has 1 saturated carbocycles. The first kappa shape index (κ1) is 18.5. The summed E-state index contributed by atoms with van der Waals surface area (Å²) in [6.07, 6.45) is 6.23. The van der Waals surface area contributed by atoms with Crippen LogP contribution in [0.15, 0.2) is 6.08 Å². The number of carbonyl (C=O) groups excluding carboxylic acids is 1. The van der Waals surface area contributed by atoms with E-state index in [-0.39, 0.29) is 5.91 Å². The van der Waals surface area contributed by atoms with Crippen molar-refractivity contribution in [2.45, 2.75) is 40.2 Å². The quantitative estimate of drug-likeness (QED) is 0.728. The number of rotatable bonds is 6. The van der Waals surface area contributed by atoms with Crippen LogP contribution in [-0.4, -0.2) is 58.2 Å². The third-order valence-corrected chi connectivity index (χ3v) is 5.34. The second kappa shape index (κ2) is 7.92. The standard InChI is InChI=1S/C19H29ClN4O/c1-14(2)12-24-19(20)17(15(3)21-24)6-7-18(25)23-10-8-22(9-11-23)13-16-4-5-16/h6-7,14,16H,4-5,8-13H2,1-3H3/b7-6+. The molecule has 138 valence electrons. The number of hydrogen-bond donors (Lipinski definition) is 0.